The number of carboxylic acids is 1. The fourth-order valence-corrected chi connectivity index (χ4v) is 4.19. The molecule has 4 rings (SSSR count). The third kappa shape index (κ3) is 4.33. The van der Waals surface area contributed by atoms with Gasteiger partial charge in [0.05, 0.1) is 17.4 Å². The summed E-state index contributed by atoms with van der Waals surface area (Å²) in [5.41, 5.74) is 7.04. The Bertz CT molecular complexity index is 1080. The normalized spacial score (nSPS) is 14.7. The van der Waals surface area contributed by atoms with Crippen LogP contribution in [0, 0.1) is 0 Å². The van der Waals surface area contributed by atoms with Crippen molar-refractivity contribution in [2.75, 3.05) is 42.8 Å². The molecule has 0 saturated carbocycles. The van der Waals surface area contributed by atoms with E-state index in [9.17, 15) is 9.90 Å². The molecule has 0 fully saturated rings. The standard InChI is InChI=1S/C25H28N4O2/c1-28(2)19-6-8-20(9-7-19)29(3)21-10-11-22-17(14-21)4-5-18(22)15-27-24-16-26-13-12-23(24)25(30)31/h6-14,16,18,27H,4-5,15H2,1-3H3,(H,30,31). The molecule has 0 bridgehead atoms. The molecule has 1 atom stereocenters. The molecule has 2 aromatic carbocycles. The summed E-state index contributed by atoms with van der Waals surface area (Å²) >= 11 is 0. The van der Waals surface area contributed by atoms with Crippen LogP contribution in [0.15, 0.2) is 60.9 Å². The molecule has 2 N–H and O–H groups in total. The summed E-state index contributed by atoms with van der Waals surface area (Å²) in [6, 6.07) is 16.7. The number of benzene rings is 2. The topological polar surface area (TPSA) is 68.7 Å². The molecule has 1 aliphatic carbocycles. The largest absolute Gasteiger partial charge is 0.478 e. The Labute approximate surface area is 183 Å². The molecule has 0 amide bonds. The lowest BCUT2D eigenvalue weighted by Crippen LogP contribution is -2.14. The number of hydrogen-bond acceptors (Lipinski definition) is 5. The zero-order valence-electron chi connectivity index (χ0n) is 18.2. The first kappa shape index (κ1) is 20.7. The van der Waals surface area contributed by atoms with Crippen molar-refractivity contribution in [2.45, 2.75) is 18.8 Å². The summed E-state index contributed by atoms with van der Waals surface area (Å²) in [4.78, 5) is 19.8. The van der Waals surface area contributed by atoms with E-state index in [1.807, 2.05) is 14.1 Å². The second-order valence-corrected chi connectivity index (χ2v) is 8.20. The Kier molecular flexibility index (Phi) is 5.80. The highest BCUT2D eigenvalue weighted by atomic mass is 16.4. The van der Waals surface area contributed by atoms with Crippen LogP contribution in [0.25, 0.3) is 0 Å². The molecule has 160 valence electrons. The predicted octanol–water partition coefficient (Wildman–Crippen LogP) is 4.76. The van der Waals surface area contributed by atoms with E-state index in [1.54, 1.807) is 6.20 Å². The van der Waals surface area contributed by atoms with Gasteiger partial charge in [-0.1, -0.05) is 6.07 Å². The number of carbonyl (C=O) groups is 1. The number of rotatable bonds is 7. The Morgan fingerprint density at radius 1 is 1.06 bits per heavy atom. The third-order valence-electron chi connectivity index (χ3n) is 6.06. The van der Waals surface area contributed by atoms with Crippen molar-refractivity contribution in [2.24, 2.45) is 0 Å². The average molecular weight is 417 g/mol. The highest BCUT2D eigenvalue weighted by Gasteiger charge is 2.23. The average Bonchev–Trinajstić information content (AvgIpc) is 3.19. The van der Waals surface area contributed by atoms with Crippen molar-refractivity contribution in [3.63, 3.8) is 0 Å². The van der Waals surface area contributed by atoms with Crippen molar-refractivity contribution in [1.82, 2.24) is 4.98 Å². The Balaban J connectivity index is 1.47. The zero-order valence-corrected chi connectivity index (χ0v) is 18.2. The van der Waals surface area contributed by atoms with Gasteiger partial charge in [0.25, 0.3) is 0 Å². The molecular weight excluding hydrogens is 388 g/mol. The molecule has 0 saturated heterocycles. The first-order valence-corrected chi connectivity index (χ1v) is 10.5. The van der Waals surface area contributed by atoms with E-state index in [0.717, 1.165) is 18.5 Å². The van der Waals surface area contributed by atoms with Crippen LogP contribution in [0.4, 0.5) is 22.7 Å². The number of aromatic nitrogens is 1. The van der Waals surface area contributed by atoms with E-state index in [-0.39, 0.29) is 5.56 Å². The van der Waals surface area contributed by atoms with Gasteiger partial charge in [-0.3, -0.25) is 4.98 Å². The van der Waals surface area contributed by atoms with E-state index in [4.69, 9.17) is 0 Å². The first-order valence-electron chi connectivity index (χ1n) is 10.5. The Morgan fingerprint density at radius 2 is 1.77 bits per heavy atom. The molecular formula is C25H28N4O2. The molecule has 1 aliphatic rings. The van der Waals surface area contributed by atoms with E-state index < -0.39 is 5.97 Å². The van der Waals surface area contributed by atoms with Gasteiger partial charge in [0.1, 0.15) is 0 Å². The van der Waals surface area contributed by atoms with Crippen LogP contribution in [0.1, 0.15) is 33.8 Å². The zero-order chi connectivity index (χ0) is 22.0. The van der Waals surface area contributed by atoms with Gasteiger partial charge < -0.3 is 20.2 Å². The molecule has 31 heavy (non-hydrogen) atoms. The van der Waals surface area contributed by atoms with Crippen molar-refractivity contribution < 1.29 is 9.90 Å². The van der Waals surface area contributed by atoms with Gasteiger partial charge >= 0.3 is 5.97 Å². The summed E-state index contributed by atoms with van der Waals surface area (Å²) in [7, 11) is 6.18. The summed E-state index contributed by atoms with van der Waals surface area (Å²) in [6.45, 7) is 0.695. The van der Waals surface area contributed by atoms with Crippen molar-refractivity contribution in [1.29, 1.82) is 0 Å². The van der Waals surface area contributed by atoms with Gasteiger partial charge in [-0.2, -0.15) is 0 Å². The van der Waals surface area contributed by atoms with Gasteiger partial charge in [0, 0.05) is 56.9 Å². The van der Waals surface area contributed by atoms with Crippen molar-refractivity contribution in [3.8, 4) is 0 Å². The monoisotopic (exact) mass is 416 g/mol. The van der Waals surface area contributed by atoms with Gasteiger partial charge in [-0.05, 0) is 66.4 Å². The number of anilines is 4. The highest BCUT2D eigenvalue weighted by molar-refractivity contribution is 5.93. The molecule has 3 aromatic rings. The quantitative estimate of drug-likeness (QED) is 0.579. The molecule has 1 aromatic heterocycles. The second-order valence-electron chi connectivity index (χ2n) is 8.20. The maximum absolute atomic E-state index is 11.4. The number of fused-ring (bicyclic) bond motifs is 1. The van der Waals surface area contributed by atoms with Crippen LogP contribution in [-0.2, 0) is 6.42 Å². The molecule has 0 spiro atoms. The summed E-state index contributed by atoms with van der Waals surface area (Å²) in [5.74, 6) is -0.585. The van der Waals surface area contributed by atoms with Crippen LogP contribution in [-0.4, -0.2) is 43.7 Å². The lowest BCUT2D eigenvalue weighted by atomic mass is 10.0. The number of aromatic carboxylic acids is 1. The van der Waals surface area contributed by atoms with Crippen LogP contribution >= 0.6 is 0 Å². The molecule has 1 unspecified atom stereocenters. The lowest BCUT2D eigenvalue weighted by molar-refractivity contribution is 0.0698. The maximum Gasteiger partial charge on any atom is 0.337 e. The molecule has 1 heterocycles. The minimum atomic E-state index is -0.942. The van der Waals surface area contributed by atoms with Crippen molar-refractivity contribution >= 4 is 28.7 Å². The lowest BCUT2D eigenvalue weighted by Gasteiger charge is -2.22. The van der Waals surface area contributed by atoms with E-state index in [1.165, 1.54) is 34.8 Å². The summed E-state index contributed by atoms with van der Waals surface area (Å²) in [6.07, 6.45) is 5.17. The Morgan fingerprint density at radius 3 is 2.48 bits per heavy atom. The summed E-state index contributed by atoms with van der Waals surface area (Å²) < 4.78 is 0. The minimum Gasteiger partial charge on any atom is -0.478 e. The fraction of sp³-hybridized carbons (Fsp3) is 0.280. The number of hydrogen-bond donors (Lipinski definition) is 2. The minimum absolute atomic E-state index is 0.255. The number of pyridine rings is 1. The number of carboxylic acid groups (broad SMARTS) is 1. The first-order chi connectivity index (χ1) is 14.9. The van der Waals surface area contributed by atoms with E-state index >= 15 is 0 Å². The SMILES string of the molecule is CN(C)c1ccc(N(C)c2ccc3c(c2)CCC3CNc2cnccc2C(=O)O)cc1. The molecule has 6 nitrogen and oxygen atoms in total. The number of aryl methyl sites for hydroxylation is 1. The van der Waals surface area contributed by atoms with Gasteiger partial charge in [0.15, 0.2) is 0 Å². The van der Waals surface area contributed by atoms with Gasteiger partial charge in [0.2, 0.25) is 0 Å². The third-order valence-corrected chi connectivity index (χ3v) is 6.06. The van der Waals surface area contributed by atoms with E-state index in [0.29, 0.717) is 18.2 Å². The number of nitrogens with one attached hydrogen (secondary N) is 1. The second kappa shape index (κ2) is 8.68. The molecule has 6 heteroatoms. The van der Waals surface area contributed by atoms with Gasteiger partial charge in [-0.15, -0.1) is 0 Å². The number of nitrogens with zero attached hydrogens (tertiary/aromatic N) is 3. The predicted molar refractivity (Wildman–Crippen MR) is 126 cm³/mol. The van der Waals surface area contributed by atoms with E-state index in [2.05, 4.69) is 69.6 Å². The molecule has 0 aliphatic heterocycles. The fourth-order valence-electron chi connectivity index (χ4n) is 4.19. The van der Waals surface area contributed by atoms with Crippen LogP contribution in [0.5, 0.6) is 0 Å². The van der Waals surface area contributed by atoms with Crippen LogP contribution in [0.3, 0.4) is 0 Å². The maximum atomic E-state index is 11.4. The van der Waals surface area contributed by atoms with Gasteiger partial charge in [-0.25, -0.2) is 4.79 Å². The smallest absolute Gasteiger partial charge is 0.337 e. The Hall–Kier alpha value is -3.54. The molecule has 0 radical (unpaired) electrons. The van der Waals surface area contributed by atoms with Crippen LogP contribution in [0.2, 0.25) is 0 Å². The summed E-state index contributed by atoms with van der Waals surface area (Å²) in [5, 5.41) is 12.7. The van der Waals surface area contributed by atoms with Crippen LogP contribution < -0.4 is 15.1 Å². The highest BCUT2D eigenvalue weighted by Crippen LogP contribution is 2.37. The van der Waals surface area contributed by atoms with Crippen molar-refractivity contribution in [3.05, 3.63) is 77.6 Å².